The highest BCUT2D eigenvalue weighted by Crippen LogP contribution is 2.35. The molecule has 1 amide bonds. The summed E-state index contributed by atoms with van der Waals surface area (Å²) in [5, 5.41) is 0. The Kier molecular flexibility index (Phi) is 4.62. The maximum atomic E-state index is 13.0. The van der Waals surface area contributed by atoms with Gasteiger partial charge in [0.05, 0.1) is 11.0 Å². The van der Waals surface area contributed by atoms with Crippen molar-refractivity contribution in [1.29, 1.82) is 0 Å². The second kappa shape index (κ2) is 7.45. The topological polar surface area (TPSA) is 38.1 Å². The average molecular weight is 396 g/mol. The zero-order valence-corrected chi connectivity index (χ0v) is 17.4. The van der Waals surface area contributed by atoms with E-state index in [-0.39, 0.29) is 11.8 Å². The van der Waals surface area contributed by atoms with Crippen LogP contribution < -0.4 is 4.90 Å². The molecule has 0 unspecified atom stereocenters. The maximum absolute atomic E-state index is 13.0. The van der Waals surface area contributed by atoms with Crippen LogP contribution in [0.1, 0.15) is 34.9 Å². The van der Waals surface area contributed by atoms with Crippen LogP contribution in [0.3, 0.4) is 0 Å². The van der Waals surface area contributed by atoms with E-state index in [1.54, 1.807) is 0 Å². The van der Waals surface area contributed by atoms with E-state index in [0.29, 0.717) is 13.0 Å². The Bertz CT molecular complexity index is 1230. The summed E-state index contributed by atoms with van der Waals surface area (Å²) in [4.78, 5) is 19.9. The van der Waals surface area contributed by atoms with Gasteiger partial charge in [0.15, 0.2) is 0 Å². The third kappa shape index (κ3) is 3.18. The van der Waals surface area contributed by atoms with Gasteiger partial charge in [-0.05, 0) is 48.7 Å². The van der Waals surface area contributed by atoms with Crippen molar-refractivity contribution in [2.45, 2.75) is 32.7 Å². The predicted molar refractivity (Wildman–Crippen MR) is 121 cm³/mol. The Labute approximate surface area is 176 Å². The molecule has 2 heterocycles. The second-order valence-corrected chi connectivity index (χ2v) is 8.15. The van der Waals surface area contributed by atoms with Crippen LogP contribution in [0.15, 0.2) is 72.8 Å². The number of carbonyl (C=O) groups excluding carboxylic acids is 1. The molecule has 0 saturated carbocycles. The molecule has 0 bridgehead atoms. The number of rotatable bonds is 4. The van der Waals surface area contributed by atoms with E-state index in [0.717, 1.165) is 29.1 Å². The number of nitrogens with zero attached hydrogens (tertiary/aromatic N) is 3. The van der Waals surface area contributed by atoms with Crippen LogP contribution in [0.2, 0.25) is 0 Å². The Balaban J connectivity index is 1.54. The number of aromatic nitrogens is 2. The molecule has 3 aromatic carbocycles. The molecule has 1 fully saturated rings. The van der Waals surface area contributed by atoms with Crippen LogP contribution in [0.4, 0.5) is 5.69 Å². The minimum atomic E-state index is 0.0773. The fraction of sp³-hybridized carbons (Fsp3) is 0.231. The normalized spacial score (nSPS) is 16.5. The Hall–Kier alpha value is -3.40. The Morgan fingerprint density at radius 3 is 2.53 bits per heavy atom. The molecule has 5 rings (SSSR count). The zero-order valence-electron chi connectivity index (χ0n) is 17.4. The fourth-order valence-corrected chi connectivity index (χ4v) is 4.48. The first kappa shape index (κ1) is 18.6. The van der Waals surface area contributed by atoms with Crippen LogP contribution in [-0.4, -0.2) is 22.0 Å². The average Bonchev–Trinajstić information content (AvgIpc) is 3.32. The number of hydrogen-bond acceptors (Lipinski definition) is 2. The van der Waals surface area contributed by atoms with Crippen LogP contribution in [0, 0.1) is 13.8 Å². The predicted octanol–water partition coefficient (Wildman–Crippen LogP) is 5.22. The van der Waals surface area contributed by atoms with Crippen molar-refractivity contribution in [3.05, 3.63) is 95.3 Å². The van der Waals surface area contributed by atoms with Gasteiger partial charge in [-0.15, -0.1) is 0 Å². The first-order valence-corrected chi connectivity index (χ1v) is 10.5. The van der Waals surface area contributed by atoms with Crippen molar-refractivity contribution in [2.24, 2.45) is 0 Å². The van der Waals surface area contributed by atoms with Crippen molar-refractivity contribution in [3.63, 3.8) is 0 Å². The molecule has 4 aromatic rings. The molecule has 30 heavy (non-hydrogen) atoms. The summed E-state index contributed by atoms with van der Waals surface area (Å²) in [7, 11) is 0. The van der Waals surface area contributed by atoms with Crippen molar-refractivity contribution in [1.82, 2.24) is 9.55 Å². The molecule has 0 radical (unpaired) electrons. The molecule has 4 heteroatoms. The van der Waals surface area contributed by atoms with E-state index in [9.17, 15) is 4.79 Å². The molecular formula is C26H25N3O. The summed E-state index contributed by atoms with van der Waals surface area (Å²) >= 11 is 0. The van der Waals surface area contributed by atoms with E-state index in [4.69, 9.17) is 4.98 Å². The van der Waals surface area contributed by atoms with Gasteiger partial charge in [-0.25, -0.2) is 4.98 Å². The van der Waals surface area contributed by atoms with E-state index in [2.05, 4.69) is 73.0 Å². The van der Waals surface area contributed by atoms with Gasteiger partial charge in [0.2, 0.25) is 5.91 Å². The van der Waals surface area contributed by atoms with Gasteiger partial charge in [0, 0.05) is 31.1 Å². The van der Waals surface area contributed by atoms with Crippen molar-refractivity contribution in [2.75, 3.05) is 11.4 Å². The van der Waals surface area contributed by atoms with Gasteiger partial charge < -0.3 is 9.47 Å². The first-order chi connectivity index (χ1) is 14.6. The molecule has 1 saturated heterocycles. The molecule has 1 aromatic heterocycles. The summed E-state index contributed by atoms with van der Waals surface area (Å²) in [5.74, 6) is 1.25. The van der Waals surface area contributed by atoms with Crippen LogP contribution in [-0.2, 0) is 11.3 Å². The number of benzene rings is 3. The van der Waals surface area contributed by atoms with Crippen molar-refractivity contribution >= 4 is 22.6 Å². The number of hydrogen-bond donors (Lipinski definition) is 0. The highest BCUT2D eigenvalue weighted by atomic mass is 16.2. The largest absolute Gasteiger partial charge is 0.323 e. The molecule has 1 aliphatic rings. The smallest absolute Gasteiger partial charge is 0.227 e. The van der Waals surface area contributed by atoms with Gasteiger partial charge in [0.25, 0.3) is 0 Å². The third-order valence-electron chi connectivity index (χ3n) is 6.22. The highest BCUT2D eigenvalue weighted by molar-refractivity contribution is 5.97. The zero-order chi connectivity index (χ0) is 20.7. The summed E-state index contributed by atoms with van der Waals surface area (Å²) < 4.78 is 2.29. The maximum Gasteiger partial charge on any atom is 0.227 e. The van der Waals surface area contributed by atoms with Gasteiger partial charge in [-0.3, -0.25) is 4.79 Å². The Morgan fingerprint density at radius 1 is 0.933 bits per heavy atom. The number of carbonyl (C=O) groups is 1. The number of anilines is 1. The van der Waals surface area contributed by atoms with Crippen LogP contribution in [0.5, 0.6) is 0 Å². The molecule has 150 valence electrons. The number of amides is 1. The minimum Gasteiger partial charge on any atom is -0.323 e. The SMILES string of the molecule is Cc1cccc(N2C[C@@H](c3nc4ccccc4n3Cc3ccccc3)CC2=O)c1C. The van der Waals surface area contributed by atoms with Crippen LogP contribution in [0.25, 0.3) is 11.0 Å². The molecule has 1 atom stereocenters. The summed E-state index contributed by atoms with van der Waals surface area (Å²) in [6.07, 6.45) is 0.492. The molecule has 0 spiro atoms. The lowest BCUT2D eigenvalue weighted by Crippen LogP contribution is -2.25. The van der Waals surface area contributed by atoms with Crippen molar-refractivity contribution in [3.8, 4) is 0 Å². The lowest BCUT2D eigenvalue weighted by Gasteiger charge is -2.20. The summed E-state index contributed by atoms with van der Waals surface area (Å²) in [6.45, 7) is 5.61. The lowest BCUT2D eigenvalue weighted by atomic mass is 10.1. The van der Waals surface area contributed by atoms with Gasteiger partial charge in [-0.1, -0.05) is 54.6 Å². The number of imidazole rings is 1. The lowest BCUT2D eigenvalue weighted by molar-refractivity contribution is -0.117. The fourth-order valence-electron chi connectivity index (χ4n) is 4.48. The number of fused-ring (bicyclic) bond motifs is 1. The molecule has 0 aliphatic carbocycles. The van der Waals surface area contributed by atoms with Gasteiger partial charge >= 0.3 is 0 Å². The third-order valence-corrected chi connectivity index (χ3v) is 6.22. The molecule has 1 aliphatic heterocycles. The van der Waals surface area contributed by atoms with E-state index in [1.807, 2.05) is 23.1 Å². The Morgan fingerprint density at radius 2 is 1.70 bits per heavy atom. The molecule has 0 N–H and O–H groups in total. The monoisotopic (exact) mass is 395 g/mol. The summed E-state index contributed by atoms with van der Waals surface area (Å²) in [5.41, 5.74) is 6.74. The standard InChI is InChI=1S/C26H25N3O/c1-18-9-8-14-23(19(18)2)28-17-21(15-25(28)30)26-27-22-12-6-7-13-24(22)29(26)16-20-10-4-3-5-11-20/h3-14,21H,15-17H2,1-2H3/t21-/m0/s1. The van der Waals surface area contributed by atoms with Gasteiger partial charge in [-0.2, -0.15) is 0 Å². The van der Waals surface area contributed by atoms with Gasteiger partial charge in [0.1, 0.15) is 5.82 Å². The van der Waals surface area contributed by atoms with E-state index >= 15 is 0 Å². The van der Waals surface area contributed by atoms with Crippen molar-refractivity contribution < 1.29 is 4.79 Å². The highest BCUT2D eigenvalue weighted by Gasteiger charge is 2.35. The van der Waals surface area contributed by atoms with E-state index in [1.165, 1.54) is 16.7 Å². The molecular weight excluding hydrogens is 370 g/mol. The minimum absolute atomic E-state index is 0.0773. The van der Waals surface area contributed by atoms with E-state index < -0.39 is 0 Å². The number of aryl methyl sites for hydroxylation is 1. The first-order valence-electron chi connectivity index (χ1n) is 10.5. The second-order valence-electron chi connectivity index (χ2n) is 8.15. The molecule has 4 nitrogen and oxygen atoms in total. The summed E-state index contributed by atoms with van der Waals surface area (Å²) in [6, 6.07) is 24.9. The quantitative estimate of drug-likeness (QED) is 0.475. The van der Waals surface area contributed by atoms with Crippen LogP contribution >= 0.6 is 0 Å². The number of para-hydroxylation sites is 2.